The molecule has 0 radical (unpaired) electrons. The summed E-state index contributed by atoms with van der Waals surface area (Å²) in [4.78, 5) is 8.46. The lowest BCUT2D eigenvalue weighted by Crippen LogP contribution is -1.96. The van der Waals surface area contributed by atoms with Crippen molar-refractivity contribution in [1.82, 2.24) is 9.97 Å². The summed E-state index contributed by atoms with van der Waals surface area (Å²) in [5.41, 5.74) is 2.22. The van der Waals surface area contributed by atoms with Crippen molar-refractivity contribution in [1.29, 1.82) is 5.26 Å². The largest absolute Gasteiger partial charge is 0.340 e. The second-order valence-electron chi connectivity index (χ2n) is 4.18. The van der Waals surface area contributed by atoms with Crippen molar-refractivity contribution >= 4 is 34.0 Å². The fraction of sp³-hybridized carbons (Fsp3) is 0. The van der Waals surface area contributed by atoms with Crippen molar-refractivity contribution in [2.24, 2.45) is 0 Å². The second kappa shape index (κ2) is 5.16. The van der Waals surface area contributed by atoms with Crippen molar-refractivity contribution in [3.8, 4) is 6.07 Å². The number of halogens is 1. The summed E-state index contributed by atoms with van der Waals surface area (Å²) >= 11 is 5.90. The van der Waals surface area contributed by atoms with Gasteiger partial charge >= 0.3 is 0 Å². The van der Waals surface area contributed by atoms with Crippen LogP contribution in [0.3, 0.4) is 0 Å². The molecule has 0 atom stereocenters. The van der Waals surface area contributed by atoms with Crippen molar-refractivity contribution < 1.29 is 0 Å². The SMILES string of the molecule is N#Cc1cc(Cl)nc(Nc2cccc3ncccc23)c1. The molecule has 0 unspecified atom stereocenters. The van der Waals surface area contributed by atoms with Crippen LogP contribution in [-0.4, -0.2) is 9.97 Å². The molecule has 0 saturated carbocycles. The fourth-order valence-corrected chi connectivity index (χ4v) is 2.18. The van der Waals surface area contributed by atoms with E-state index in [0.717, 1.165) is 16.6 Å². The molecule has 3 rings (SSSR count). The Balaban J connectivity index is 2.06. The standard InChI is InChI=1S/C15H9ClN4/c16-14-7-10(9-17)8-15(20-14)19-13-5-1-4-12-11(13)3-2-6-18-12/h1-8H,(H,19,20). The third-order valence-corrected chi connectivity index (χ3v) is 3.03. The van der Waals surface area contributed by atoms with E-state index >= 15 is 0 Å². The Morgan fingerprint density at radius 3 is 2.90 bits per heavy atom. The van der Waals surface area contributed by atoms with Crippen LogP contribution in [0.15, 0.2) is 48.7 Å². The highest BCUT2D eigenvalue weighted by molar-refractivity contribution is 6.29. The van der Waals surface area contributed by atoms with Gasteiger partial charge in [-0.2, -0.15) is 5.26 Å². The molecule has 0 fully saturated rings. The van der Waals surface area contributed by atoms with E-state index in [9.17, 15) is 0 Å². The van der Waals surface area contributed by atoms with Gasteiger partial charge in [-0.25, -0.2) is 4.98 Å². The third kappa shape index (κ3) is 2.40. The molecule has 0 bridgehead atoms. The summed E-state index contributed by atoms with van der Waals surface area (Å²) in [6.45, 7) is 0. The highest BCUT2D eigenvalue weighted by atomic mass is 35.5. The molecule has 1 aromatic carbocycles. The first-order valence-electron chi connectivity index (χ1n) is 5.95. The molecule has 2 heterocycles. The molecule has 2 aromatic heterocycles. The van der Waals surface area contributed by atoms with E-state index < -0.39 is 0 Å². The van der Waals surface area contributed by atoms with Gasteiger partial charge in [0.25, 0.3) is 0 Å². The summed E-state index contributed by atoms with van der Waals surface area (Å²) in [7, 11) is 0. The molecule has 0 aliphatic carbocycles. The van der Waals surface area contributed by atoms with E-state index in [-0.39, 0.29) is 5.15 Å². The molecule has 0 aliphatic heterocycles. The predicted molar refractivity (Wildman–Crippen MR) is 79.0 cm³/mol. The van der Waals surface area contributed by atoms with Crippen LogP contribution in [0.1, 0.15) is 5.56 Å². The van der Waals surface area contributed by atoms with E-state index in [1.54, 1.807) is 12.3 Å². The minimum atomic E-state index is 0.282. The van der Waals surface area contributed by atoms with Crippen LogP contribution < -0.4 is 5.32 Å². The molecule has 5 heteroatoms. The lowest BCUT2D eigenvalue weighted by Gasteiger charge is -2.09. The van der Waals surface area contributed by atoms with Gasteiger partial charge in [-0.05, 0) is 36.4 Å². The Bertz CT molecular complexity index is 818. The fourth-order valence-electron chi connectivity index (χ4n) is 1.98. The zero-order chi connectivity index (χ0) is 13.9. The number of nitrogens with zero attached hydrogens (tertiary/aromatic N) is 3. The first-order valence-corrected chi connectivity index (χ1v) is 6.32. The molecular formula is C15H9ClN4. The summed E-state index contributed by atoms with van der Waals surface area (Å²) in [6.07, 6.45) is 1.75. The van der Waals surface area contributed by atoms with Crippen molar-refractivity contribution in [2.45, 2.75) is 0 Å². The number of benzene rings is 1. The number of nitrogens with one attached hydrogen (secondary N) is 1. The number of nitriles is 1. The highest BCUT2D eigenvalue weighted by Gasteiger charge is 2.05. The molecule has 0 aliphatic rings. The summed E-state index contributed by atoms with van der Waals surface area (Å²) < 4.78 is 0. The molecule has 96 valence electrons. The van der Waals surface area contributed by atoms with Crippen LogP contribution >= 0.6 is 11.6 Å². The van der Waals surface area contributed by atoms with Crippen LogP contribution in [0.2, 0.25) is 5.15 Å². The van der Waals surface area contributed by atoms with Gasteiger partial charge in [0.1, 0.15) is 11.0 Å². The maximum Gasteiger partial charge on any atom is 0.133 e. The zero-order valence-electron chi connectivity index (χ0n) is 10.3. The second-order valence-corrected chi connectivity index (χ2v) is 4.56. The first kappa shape index (κ1) is 12.4. The monoisotopic (exact) mass is 280 g/mol. The molecule has 0 spiro atoms. The lowest BCUT2D eigenvalue weighted by atomic mass is 10.2. The quantitative estimate of drug-likeness (QED) is 0.723. The molecule has 0 amide bonds. The van der Waals surface area contributed by atoms with E-state index in [1.165, 1.54) is 6.07 Å². The Labute approximate surface area is 120 Å². The number of aromatic nitrogens is 2. The Morgan fingerprint density at radius 2 is 2.05 bits per heavy atom. The zero-order valence-corrected chi connectivity index (χ0v) is 11.1. The summed E-state index contributed by atoms with van der Waals surface area (Å²) in [6, 6.07) is 14.9. The Kier molecular flexibility index (Phi) is 3.20. The van der Waals surface area contributed by atoms with Gasteiger partial charge in [-0.15, -0.1) is 0 Å². The third-order valence-electron chi connectivity index (χ3n) is 2.83. The number of hydrogen-bond acceptors (Lipinski definition) is 4. The number of rotatable bonds is 2. The van der Waals surface area contributed by atoms with Gasteiger partial charge in [0.05, 0.1) is 17.1 Å². The number of anilines is 2. The molecule has 1 N–H and O–H groups in total. The molecule has 4 nitrogen and oxygen atoms in total. The van der Waals surface area contributed by atoms with Crippen LogP contribution in [0.25, 0.3) is 10.9 Å². The van der Waals surface area contributed by atoms with Crippen LogP contribution in [0.4, 0.5) is 11.5 Å². The maximum atomic E-state index is 8.95. The molecule has 3 aromatic rings. The van der Waals surface area contributed by atoms with E-state index in [1.807, 2.05) is 30.3 Å². The smallest absolute Gasteiger partial charge is 0.133 e. The van der Waals surface area contributed by atoms with E-state index in [2.05, 4.69) is 21.4 Å². The van der Waals surface area contributed by atoms with E-state index in [0.29, 0.717) is 11.4 Å². The lowest BCUT2D eigenvalue weighted by molar-refractivity contribution is 1.29. The number of pyridine rings is 2. The molecule has 20 heavy (non-hydrogen) atoms. The van der Waals surface area contributed by atoms with Gasteiger partial charge < -0.3 is 5.32 Å². The molecular weight excluding hydrogens is 272 g/mol. The number of hydrogen-bond donors (Lipinski definition) is 1. The van der Waals surface area contributed by atoms with Crippen LogP contribution in [0.5, 0.6) is 0 Å². The van der Waals surface area contributed by atoms with Gasteiger partial charge in [-0.3, -0.25) is 4.98 Å². The van der Waals surface area contributed by atoms with Crippen LogP contribution in [-0.2, 0) is 0 Å². The van der Waals surface area contributed by atoms with Gasteiger partial charge in [-0.1, -0.05) is 17.7 Å². The Hall–Kier alpha value is -2.64. The normalized spacial score (nSPS) is 10.2. The number of fused-ring (bicyclic) bond motifs is 1. The van der Waals surface area contributed by atoms with Gasteiger partial charge in [0.2, 0.25) is 0 Å². The highest BCUT2D eigenvalue weighted by Crippen LogP contribution is 2.25. The average Bonchev–Trinajstić information content (AvgIpc) is 2.47. The minimum Gasteiger partial charge on any atom is -0.340 e. The van der Waals surface area contributed by atoms with Crippen molar-refractivity contribution in [2.75, 3.05) is 5.32 Å². The van der Waals surface area contributed by atoms with Crippen LogP contribution in [0, 0.1) is 11.3 Å². The topological polar surface area (TPSA) is 61.6 Å². The molecule has 0 saturated heterocycles. The predicted octanol–water partition coefficient (Wildman–Crippen LogP) is 3.90. The average molecular weight is 281 g/mol. The van der Waals surface area contributed by atoms with Crippen molar-refractivity contribution in [3.63, 3.8) is 0 Å². The minimum absolute atomic E-state index is 0.282. The van der Waals surface area contributed by atoms with Crippen molar-refractivity contribution in [3.05, 3.63) is 59.4 Å². The van der Waals surface area contributed by atoms with Gasteiger partial charge in [0.15, 0.2) is 0 Å². The summed E-state index contributed by atoms with van der Waals surface area (Å²) in [5.74, 6) is 0.533. The van der Waals surface area contributed by atoms with Gasteiger partial charge in [0, 0.05) is 17.3 Å². The van der Waals surface area contributed by atoms with E-state index in [4.69, 9.17) is 16.9 Å². The maximum absolute atomic E-state index is 8.95. The Morgan fingerprint density at radius 1 is 1.15 bits per heavy atom. The summed E-state index contributed by atoms with van der Waals surface area (Å²) in [5, 5.41) is 13.4. The first-order chi connectivity index (χ1) is 9.76.